The molecule has 134 valence electrons. The summed E-state index contributed by atoms with van der Waals surface area (Å²) in [6.07, 6.45) is 2.47. The first-order valence-corrected chi connectivity index (χ1v) is 8.64. The lowest BCUT2D eigenvalue weighted by Gasteiger charge is -2.08. The van der Waals surface area contributed by atoms with Crippen molar-refractivity contribution in [1.82, 2.24) is 14.9 Å². The molecule has 26 heavy (non-hydrogen) atoms. The second kappa shape index (κ2) is 7.70. The van der Waals surface area contributed by atoms with Crippen molar-refractivity contribution in [2.75, 3.05) is 6.54 Å². The number of aryl methyl sites for hydroxylation is 1. The van der Waals surface area contributed by atoms with Crippen molar-refractivity contribution in [3.8, 4) is 22.6 Å². The molecule has 3 rings (SSSR count). The first-order chi connectivity index (χ1) is 12.4. The van der Waals surface area contributed by atoms with Crippen LogP contribution in [0.1, 0.15) is 12.5 Å². The summed E-state index contributed by atoms with van der Waals surface area (Å²) in [5.74, 6) is 0.368. The van der Waals surface area contributed by atoms with Gasteiger partial charge in [-0.2, -0.15) is 0 Å². The molecule has 0 fully saturated rings. The van der Waals surface area contributed by atoms with Gasteiger partial charge in [0.1, 0.15) is 11.6 Å². The zero-order valence-corrected chi connectivity index (χ0v) is 15.3. The number of aromatic nitrogens is 2. The third-order valence-electron chi connectivity index (χ3n) is 4.09. The SMILES string of the molecule is CC(=O)NCCc1ccc(F)cc1-c1cn(C)c(-c2ccc(Cl)cc2)n1. The molecule has 0 bridgehead atoms. The zero-order valence-electron chi connectivity index (χ0n) is 14.6. The van der Waals surface area contributed by atoms with E-state index in [0.717, 1.165) is 22.5 Å². The maximum atomic E-state index is 13.8. The quantitative estimate of drug-likeness (QED) is 0.729. The van der Waals surface area contributed by atoms with E-state index in [1.54, 1.807) is 6.07 Å². The smallest absolute Gasteiger partial charge is 0.216 e. The molecule has 0 saturated heterocycles. The molecule has 4 nitrogen and oxygen atoms in total. The van der Waals surface area contributed by atoms with Gasteiger partial charge in [0.05, 0.1) is 5.69 Å². The lowest BCUT2D eigenvalue weighted by atomic mass is 10.0. The highest BCUT2D eigenvalue weighted by Gasteiger charge is 2.13. The summed E-state index contributed by atoms with van der Waals surface area (Å²) in [4.78, 5) is 15.8. The van der Waals surface area contributed by atoms with E-state index < -0.39 is 0 Å². The predicted octanol–water partition coefficient (Wildman–Crippen LogP) is 4.23. The van der Waals surface area contributed by atoms with Crippen LogP contribution in [-0.2, 0) is 18.3 Å². The highest BCUT2D eigenvalue weighted by molar-refractivity contribution is 6.30. The normalized spacial score (nSPS) is 10.8. The van der Waals surface area contributed by atoms with Crippen LogP contribution in [0.15, 0.2) is 48.7 Å². The van der Waals surface area contributed by atoms with Crippen molar-refractivity contribution in [2.24, 2.45) is 7.05 Å². The number of benzene rings is 2. The average Bonchev–Trinajstić information content (AvgIpc) is 2.98. The van der Waals surface area contributed by atoms with Crippen molar-refractivity contribution in [1.29, 1.82) is 0 Å². The van der Waals surface area contributed by atoms with E-state index in [-0.39, 0.29) is 11.7 Å². The van der Waals surface area contributed by atoms with Crippen LogP contribution >= 0.6 is 11.6 Å². The van der Waals surface area contributed by atoms with E-state index >= 15 is 0 Å². The van der Waals surface area contributed by atoms with Crippen molar-refractivity contribution in [3.63, 3.8) is 0 Å². The molecule has 0 unspecified atom stereocenters. The number of halogens is 2. The largest absolute Gasteiger partial charge is 0.356 e. The minimum atomic E-state index is -0.318. The fourth-order valence-corrected chi connectivity index (χ4v) is 2.97. The van der Waals surface area contributed by atoms with Crippen LogP contribution in [-0.4, -0.2) is 22.0 Å². The predicted molar refractivity (Wildman–Crippen MR) is 101 cm³/mol. The van der Waals surface area contributed by atoms with E-state index in [2.05, 4.69) is 5.32 Å². The van der Waals surface area contributed by atoms with Crippen molar-refractivity contribution in [2.45, 2.75) is 13.3 Å². The van der Waals surface area contributed by atoms with E-state index in [1.807, 2.05) is 42.1 Å². The number of amides is 1. The lowest BCUT2D eigenvalue weighted by molar-refractivity contribution is -0.118. The Balaban J connectivity index is 1.96. The number of nitrogens with zero attached hydrogens (tertiary/aromatic N) is 2. The second-order valence-corrected chi connectivity index (χ2v) is 6.54. The van der Waals surface area contributed by atoms with Crippen LogP contribution < -0.4 is 5.32 Å². The fraction of sp³-hybridized carbons (Fsp3) is 0.200. The van der Waals surface area contributed by atoms with Gasteiger partial charge < -0.3 is 9.88 Å². The Labute approximate surface area is 156 Å². The molecule has 0 radical (unpaired) electrons. The van der Waals surface area contributed by atoms with Gasteiger partial charge in [-0.3, -0.25) is 4.79 Å². The maximum Gasteiger partial charge on any atom is 0.216 e. The molecule has 1 heterocycles. The number of carbonyl (C=O) groups is 1. The van der Waals surface area contributed by atoms with Crippen molar-refractivity contribution < 1.29 is 9.18 Å². The van der Waals surface area contributed by atoms with Gasteiger partial charge in [0.15, 0.2) is 0 Å². The lowest BCUT2D eigenvalue weighted by Crippen LogP contribution is -2.22. The average molecular weight is 372 g/mol. The van der Waals surface area contributed by atoms with Gasteiger partial charge in [-0.25, -0.2) is 9.37 Å². The molecule has 0 spiro atoms. The van der Waals surface area contributed by atoms with Crippen LogP contribution in [0.5, 0.6) is 0 Å². The summed E-state index contributed by atoms with van der Waals surface area (Å²) in [6, 6.07) is 12.1. The highest BCUT2D eigenvalue weighted by atomic mass is 35.5. The van der Waals surface area contributed by atoms with Crippen molar-refractivity contribution >= 4 is 17.5 Å². The molecular weight excluding hydrogens is 353 g/mol. The number of nitrogens with one attached hydrogen (secondary N) is 1. The van der Waals surface area contributed by atoms with Gasteiger partial charge in [0, 0.05) is 42.9 Å². The third kappa shape index (κ3) is 4.11. The molecule has 0 aliphatic heterocycles. The van der Waals surface area contributed by atoms with Gasteiger partial charge in [0.25, 0.3) is 0 Å². The Hall–Kier alpha value is -2.66. The molecule has 0 aliphatic carbocycles. The summed E-state index contributed by atoms with van der Waals surface area (Å²) in [5.41, 5.74) is 3.28. The molecule has 0 saturated carbocycles. The number of rotatable bonds is 5. The van der Waals surface area contributed by atoms with Crippen LogP contribution in [0.3, 0.4) is 0 Å². The van der Waals surface area contributed by atoms with Crippen LogP contribution in [0.2, 0.25) is 5.02 Å². The van der Waals surface area contributed by atoms with Gasteiger partial charge >= 0.3 is 0 Å². The third-order valence-corrected chi connectivity index (χ3v) is 4.35. The molecule has 0 atom stereocenters. The summed E-state index contributed by atoms with van der Waals surface area (Å²) in [5, 5.41) is 3.42. The van der Waals surface area contributed by atoms with Crippen LogP contribution in [0.25, 0.3) is 22.6 Å². The molecule has 1 amide bonds. The number of carbonyl (C=O) groups excluding carboxylic acids is 1. The monoisotopic (exact) mass is 371 g/mol. The van der Waals surface area contributed by atoms with Crippen LogP contribution in [0.4, 0.5) is 4.39 Å². The van der Waals surface area contributed by atoms with Gasteiger partial charge in [0.2, 0.25) is 5.91 Å². The summed E-state index contributed by atoms with van der Waals surface area (Å²) >= 11 is 5.95. The molecule has 0 aliphatic rings. The van der Waals surface area contributed by atoms with Crippen LogP contribution in [0, 0.1) is 5.82 Å². The molecule has 2 aromatic carbocycles. The Morgan fingerprint density at radius 3 is 2.65 bits per heavy atom. The summed E-state index contributed by atoms with van der Waals surface area (Å²) < 4.78 is 15.7. The number of hydrogen-bond donors (Lipinski definition) is 1. The van der Waals surface area contributed by atoms with Gasteiger partial charge in [-0.05, 0) is 48.4 Å². The van der Waals surface area contributed by atoms with Gasteiger partial charge in [-0.15, -0.1) is 0 Å². The Kier molecular flexibility index (Phi) is 5.38. The number of imidazole rings is 1. The minimum absolute atomic E-state index is 0.0866. The Bertz CT molecular complexity index is 935. The zero-order chi connectivity index (χ0) is 18.7. The molecular formula is C20H19ClFN3O. The molecule has 3 aromatic rings. The topological polar surface area (TPSA) is 46.9 Å². The van der Waals surface area contributed by atoms with E-state index in [0.29, 0.717) is 23.7 Å². The Morgan fingerprint density at radius 2 is 1.96 bits per heavy atom. The molecule has 1 aromatic heterocycles. The standard InChI is InChI=1S/C20H19ClFN3O/c1-13(26)23-10-9-14-5-8-17(22)11-18(14)19-12-25(2)20(24-19)15-3-6-16(21)7-4-15/h3-8,11-12H,9-10H2,1-2H3,(H,23,26). The summed E-state index contributed by atoms with van der Waals surface area (Å²) in [7, 11) is 1.90. The maximum absolute atomic E-state index is 13.8. The molecule has 1 N–H and O–H groups in total. The first-order valence-electron chi connectivity index (χ1n) is 8.26. The minimum Gasteiger partial charge on any atom is -0.356 e. The Morgan fingerprint density at radius 1 is 1.23 bits per heavy atom. The van der Waals surface area contributed by atoms with E-state index in [9.17, 15) is 9.18 Å². The second-order valence-electron chi connectivity index (χ2n) is 6.10. The van der Waals surface area contributed by atoms with Gasteiger partial charge in [-0.1, -0.05) is 17.7 Å². The van der Waals surface area contributed by atoms with E-state index in [1.165, 1.54) is 19.1 Å². The highest BCUT2D eigenvalue weighted by Crippen LogP contribution is 2.28. The number of hydrogen-bond acceptors (Lipinski definition) is 2. The first kappa shape index (κ1) is 18.1. The summed E-state index contributed by atoms with van der Waals surface area (Å²) in [6.45, 7) is 1.97. The van der Waals surface area contributed by atoms with Crippen molar-refractivity contribution in [3.05, 3.63) is 65.1 Å². The molecule has 6 heteroatoms. The fourth-order valence-electron chi connectivity index (χ4n) is 2.84. The van der Waals surface area contributed by atoms with E-state index in [4.69, 9.17) is 16.6 Å².